The summed E-state index contributed by atoms with van der Waals surface area (Å²) in [6.07, 6.45) is 18.4. The molecule has 3 heteroatoms. The van der Waals surface area contributed by atoms with Crippen molar-refractivity contribution in [3.63, 3.8) is 0 Å². The molecule has 1 heterocycles. The Labute approximate surface area is 167 Å². The van der Waals surface area contributed by atoms with Crippen LogP contribution in [0.1, 0.15) is 91.9 Å². The Morgan fingerprint density at radius 1 is 0.741 bits per heavy atom. The molecule has 0 unspecified atom stereocenters. The molecule has 3 fully saturated rings. The second-order valence-electron chi connectivity index (χ2n) is 10.9. The second-order valence-corrected chi connectivity index (χ2v) is 10.9. The van der Waals surface area contributed by atoms with E-state index in [-0.39, 0.29) is 11.1 Å². The van der Waals surface area contributed by atoms with Crippen molar-refractivity contribution in [2.45, 2.75) is 109 Å². The zero-order chi connectivity index (χ0) is 19.7. The van der Waals surface area contributed by atoms with Gasteiger partial charge in [-0.05, 0) is 116 Å². The van der Waals surface area contributed by atoms with E-state index >= 15 is 0 Å². The lowest BCUT2D eigenvalue weighted by atomic mass is 9.66. The van der Waals surface area contributed by atoms with E-state index in [9.17, 15) is 5.21 Å². The van der Waals surface area contributed by atoms with Gasteiger partial charge in [0.1, 0.15) is 0 Å². The van der Waals surface area contributed by atoms with Crippen molar-refractivity contribution in [1.29, 1.82) is 0 Å². The minimum Gasteiger partial charge on any atom is -0.381 e. The number of ether oxygens (including phenoxy) is 1. The third kappa shape index (κ3) is 5.16. The molecule has 0 spiro atoms. The van der Waals surface area contributed by atoms with Crippen molar-refractivity contribution in [1.82, 2.24) is 5.06 Å². The summed E-state index contributed by atoms with van der Waals surface area (Å²) in [6, 6.07) is 0. The first kappa shape index (κ1) is 21.3. The highest BCUT2D eigenvalue weighted by molar-refractivity contribution is 5.00. The van der Waals surface area contributed by atoms with Crippen LogP contribution < -0.4 is 0 Å². The van der Waals surface area contributed by atoms with Crippen molar-refractivity contribution in [2.24, 2.45) is 23.7 Å². The molecule has 156 valence electrons. The van der Waals surface area contributed by atoms with Crippen LogP contribution in [0.5, 0.6) is 0 Å². The van der Waals surface area contributed by atoms with Crippen molar-refractivity contribution in [3.05, 3.63) is 12.2 Å². The molecule has 1 saturated heterocycles. The molecule has 3 nitrogen and oxygen atoms in total. The molecule has 27 heavy (non-hydrogen) atoms. The van der Waals surface area contributed by atoms with Crippen molar-refractivity contribution < 1.29 is 9.94 Å². The van der Waals surface area contributed by atoms with Crippen LogP contribution >= 0.6 is 0 Å². The van der Waals surface area contributed by atoms with Gasteiger partial charge in [0.25, 0.3) is 0 Å². The van der Waals surface area contributed by atoms with E-state index in [4.69, 9.17) is 4.74 Å². The zero-order valence-corrected chi connectivity index (χ0v) is 18.4. The van der Waals surface area contributed by atoms with Gasteiger partial charge in [-0.3, -0.25) is 0 Å². The standard InChI is InChI=1S/C24H43NO2/c1-23(2)16-21(17-24(3,4)25(23)26)20-12-8-18(9-13-20)6-7-19-10-14-22(27-5)15-11-19/h6-7,18-22,26H,8-17H2,1-5H3/b7-6+. The molecule has 0 aromatic carbocycles. The second kappa shape index (κ2) is 8.55. The van der Waals surface area contributed by atoms with Crippen LogP contribution in [-0.4, -0.2) is 34.6 Å². The van der Waals surface area contributed by atoms with Crippen molar-refractivity contribution >= 4 is 0 Å². The first-order chi connectivity index (χ1) is 12.7. The summed E-state index contributed by atoms with van der Waals surface area (Å²) in [7, 11) is 1.85. The number of hydrogen-bond acceptors (Lipinski definition) is 3. The van der Waals surface area contributed by atoms with Crippen LogP contribution in [0.15, 0.2) is 12.2 Å². The molecule has 1 aliphatic heterocycles. The van der Waals surface area contributed by atoms with Crippen LogP contribution in [0, 0.1) is 23.7 Å². The van der Waals surface area contributed by atoms with Gasteiger partial charge in [-0.1, -0.05) is 12.2 Å². The van der Waals surface area contributed by atoms with Gasteiger partial charge in [0, 0.05) is 18.2 Å². The lowest BCUT2D eigenvalue weighted by Gasteiger charge is -2.53. The van der Waals surface area contributed by atoms with E-state index in [1.54, 1.807) is 5.06 Å². The van der Waals surface area contributed by atoms with Gasteiger partial charge in [0.15, 0.2) is 0 Å². The third-order valence-electron chi connectivity index (χ3n) is 7.86. The SMILES string of the molecule is COC1CCC(/C=C/C2CCC(C3CC(C)(C)N(O)C(C)(C)C3)CC2)CC1. The molecule has 0 amide bonds. The fraction of sp³-hybridized carbons (Fsp3) is 0.917. The number of hydrogen-bond donors (Lipinski definition) is 1. The van der Waals surface area contributed by atoms with Gasteiger partial charge in [0.05, 0.1) is 6.10 Å². The predicted octanol–water partition coefficient (Wildman–Crippen LogP) is 6.21. The van der Waals surface area contributed by atoms with Crippen LogP contribution in [-0.2, 0) is 4.74 Å². The first-order valence-corrected chi connectivity index (χ1v) is 11.4. The fourth-order valence-corrected chi connectivity index (χ4v) is 6.32. The summed E-state index contributed by atoms with van der Waals surface area (Å²) < 4.78 is 5.50. The molecule has 3 rings (SSSR count). The number of piperidine rings is 1. The van der Waals surface area contributed by atoms with E-state index in [0.717, 1.165) is 36.5 Å². The maximum atomic E-state index is 10.6. The maximum Gasteiger partial charge on any atom is 0.0571 e. The van der Waals surface area contributed by atoms with Crippen LogP contribution in [0.3, 0.4) is 0 Å². The number of methoxy groups -OCH3 is 1. The van der Waals surface area contributed by atoms with E-state index < -0.39 is 0 Å². The zero-order valence-electron chi connectivity index (χ0n) is 18.4. The van der Waals surface area contributed by atoms with E-state index in [1.165, 1.54) is 51.4 Å². The average Bonchev–Trinajstić information content (AvgIpc) is 2.65. The number of rotatable bonds is 4. The monoisotopic (exact) mass is 377 g/mol. The quantitative estimate of drug-likeness (QED) is 0.591. The lowest BCUT2D eigenvalue weighted by Crippen LogP contribution is -2.59. The van der Waals surface area contributed by atoms with Gasteiger partial charge in [-0.15, -0.1) is 0 Å². The molecule has 3 aliphatic rings. The highest BCUT2D eigenvalue weighted by Crippen LogP contribution is 2.47. The maximum absolute atomic E-state index is 10.6. The van der Waals surface area contributed by atoms with Gasteiger partial charge < -0.3 is 9.94 Å². The Hall–Kier alpha value is -0.380. The van der Waals surface area contributed by atoms with E-state index in [1.807, 2.05) is 7.11 Å². The molecule has 1 N–H and O–H groups in total. The summed E-state index contributed by atoms with van der Waals surface area (Å²) in [5.74, 6) is 3.18. The fourth-order valence-electron chi connectivity index (χ4n) is 6.32. The molecular weight excluding hydrogens is 334 g/mol. The van der Waals surface area contributed by atoms with Gasteiger partial charge in [0.2, 0.25) is 0 Å². The Bertz CT molecular complexity index is 479. The summed E-state index contributed by atoms with van der Waals surface area (Å²) in [5.41, 5.74) is -0.214. The minimum absolute atomic E-state index is 0.107. The highest BCUT2D eigenvalue weighted by atomic mass is 16.5. The molecule has 2 aliphatic carbocycles. The summed E-state index contributed by atoms with van der Waals surface area (Å²) in [6.45, 7) is 8.81. The molecular formula is C24H43NO2. The van der Waals surface area contributed by atoms with Gasteiger partial charge in [-0.2, -0.15) is 5.06 Å². The summed E-state index contributed by atoms with van der Waals surface area (Å²) in [5, 5.41) is 12.2. The molecule has 2 saturated carbocycles. The first-order valence-electron chi connectivity index (χ1n) is 11.4. The van der Waals surface area contributed by atoms with Crippen molar-refractivity contribution in [2.75, 3.05) is 7.11 Å². The number of hydroxylamine groups is 2. The Morgan fingerprint density at radius 2 is 1.19 bits per heavy atom. The smallest absolute Gasteiger partial charge is 0.0571 e. The molecule has 0 aromatic rings. The molecule has 0 atom stereocenters. The molecule has 0 radical (unpaired) electrons. The predicted molar refractivity (Wildman–Crippen MR) is 112 cm³/mol. The normalized spacial score (nSPS) is 38.3. The Balaban J connectivity index is 1.47. The van der Waals surface area contributed by atoms with E-state index in [2.05, 4.69) is 39.8 Å². The van der Waals surface area contributed by atoms with Crippen LogP contribution in [0.2, 0.25) is 0 Å². The van der Waals surface area contributed by atoms with Crippen LogP contribution in [0.25, 0.3) is 0 Å². The molecule has 0 aromatic heterocycles. The molecule has 0 bridgehead atoms. The largest absolute Gasteiger partial charge is 0.381 e. The topological polar surface area (TPSA) is 32.7 Å². The van der Waals surface area contributed by atoms with Crippen LogP contribution in [0.4, 0.5) is 0 Å². The highest BCUT2D eigenvalue weighted by Gasteiger charge is 2.47. The Morgan fingerprint density at radius 3 is 1.63 bits per heavy atom. The third-order valence-corrected chi connectivity index (χ3v) is 7.86. The lowest BCUT2D eigenvalue weighted by molar-refractivity contribution is -0.254. The summed E-state index contributed by atoms with van der Waals surface area (Å²) in [4.78, 5) is 0. The van der Waals surface area contributed by atoms with Gasteiger partial charge >= 0.3 is 0 Å². The summed E-state index contributed by atoms with van der Waals surface area (Å²) >= 11 is 0. The van der Waals surface area contributed by atoms with Crippen molar-refractivity contribution in [3.8, 4) is 0 Å². The Kier molecular flexibility index (Phi) is 6.75. The van der Waals surface area contributed by atoms with E-state index in [0.29, 0.717) is 6.10 Å². The number of nitrogens with zero attached hydrogens (tertiary/aromatic N) is 1. The minimum atomic E-state index is -0.107. The van der Waals surface area contributed by atoms with Gasteiger partial charge in [-0.25, -0.2) is 0 Å². The average molecular weight is 378 g/mol. The number of allylic oxidation sites excluding steroid dienone is 2.